The number of aromatic nitrogens is 2. The van der Waals surface area contributed by atoms with E-state index in [9.17, 15) is 8.78 Å². The van der Waals surface area contributed by atoms with Crippen molar-refractivity contribution in [1.29, 1.82) is 0 Å². The summed E-state index contributed by atoms with van der Waals surface area (Å²) in [6.07, 6.45) is 0. The van der Waals surface area contributed by atoms with Gasteiger partial charge in [-0.3, -0.25) is 0 Å². The maximum absolute atomic E-state index is 13.4. The van der Waals surface area contributed by atoms with Crippen molar-refractivity contribution in [1.82, 2.24) is 10.2 Å². The third-order valence-corrected chi connectivity index (χ3v) is 3.76. The molecule has 0 aliphatic heterocycles. The van der Waals surface area contributed by atoms with E-state index >= 15 is 0 Å². The summed E-state index contributed by atoms with van der Waals surface area (Å²) >= 11 is 1.45. The molecule has 9 heteroatoms. The maximum atomic E-state index is 13.4. The van der Waals surface area contributed by atoms with Crippen molar-refractivity contribution < 1.29 is 8.78 Å². The fourth-order valence-corrected chi connectivity index (χ4v) is 2.26. The van der Waals surface area contributed by atoms with Crippen LogP contribution in [-0.2, 0) is 6.54 Å². The van der Waals surface area contributed by atoms with Gasteiger partial charge in [0.15, 0.2) is 5.96 Å². The summed E-state index contributed by atoms with van der Waals surface area (Å²) in [6.45, 7) is 4.28. The Labute approximate surface area is 148 Å². The van der Waals surface area contributed by atoms with Crippen molar-refractivity contribution in [3.8, 4) is 0 Å². The van der Waals surface area contributed by atoms with Crippen LogP contribution in [0.15, 0.2) is 23.2 Å². The minimum atomic E-state index is -0.604. The molecule has 0 radical (unpaired) electrons. The Hall–Kier alpha value is -1.36. The first-order valence-corrected chi connectivity index (χ1v) is 7.11. The number of anilines is 1. The van der Waals surface area contributed by atoms with Crippen molar-refractivity contribution in [3.05, 3.63) is 39.8 Å². The third-order valence-electron chi connectivity index (χ3n) is 2.55. The SMILES string of the molecule is CC(C)c1nnc(CN=C(N)Nc2cc(F)ccc2F)s1.I. The topological polar surface area (TPSA) is 76.2 Å². The van der Waals surface area contributed by atoms with Gasteiger partial charge in [0.2, 0.25) is 0 Å². The summed E-state index contributed by atoms with van der Waals surface area (Å²) in [4.78, 5) is 4.04. The molecule has 0 amide bonds. The quantitative estimate of drug-likeness (QED) is 0.435. The zero-order chi connectivity index (χ0) is 15.4. The zero-order valence-corrected chi connectivity index (χ0v) is 15.2. The van der Waals surface area contributed by atoms with E-state index in [1.165, 1.54) is 11.3 Å². The molecule has 1 aromatic heterocycles. The van der Waals surface area contributed by atoms with E-state index in [0.717, 1.165) is 23.2 Å². The Morgan fingerprint density at radius 1 is 1.36 bits per heavy atom. The monoisotopic (exact) mass is 439 g/mol. The molecule has 1 heterocycles. The third kappa shape index (κ3) is 5.13. The van der Waals surface area contributed by atoms with E-state index in [2.05, 4.69) is 20.5 Å². The highest BCUT2D eigenvalue weighted by Gasteiger charge is 2.08. The van der Waals surface area contributed by atoms with Crippen molar-refractivity contribution in [2.75, 3.05) is 5.32 Å². The summed E-state index contributed by atoms with van der Waals surface area (Å²) in [5.74, 6) is -0.872. The van der Waals surface area contributed by atoms with Crippen molar-refractivity contribution >= 4 is 47.0 Å². The average Bonchev–Trinajstić information content (AvgIpc) is 2.90. The maximum Gasteiger partial charge on any atom is 0.193 e. The van der Waals surface area contributed by atoms with E-state index in [0.29, 0.717) is 10.9 Å². The molecule has 0 bridgehead atoms. The number of nitrogens with zero attached hydrogens (tertiary/aromatic N) is 3. The van der Waals surface area contributed by atoms with Gasteiger partial charge in [0.05, 0.1) is 12.2 Å². The second-order valence-corrected chi connectivity index (χ2v) is 5.73. The molecule has 1 aromatic carbocycles. The summed E-state index contributed by atoms with van der Waals surface area (Å²) in [6, 6.07) is 3.06. The summed E-state index contributed by atoms with van der Waals surface area (Å²) < 4.78 is 26.4. The van der Waals surface area contributed by atoms with E-state index in [1.54, 1.807) is 0 Å². The van der Waals surface area contributed by atoms with Crippen LogP contribution >= 0.6 is 35.3 Å². The molecule has 0 atom stereocenters. The fraction of sp³-hybridized carbons (Fsp3) is 0.308. The van der Waals surface area contributed by atoms with E-state index in [4.69, 9.17) is 5.73 Å². The van der Waals surface area contributed by atoms with Crippen LogP contribution in [0.2, 0.25) is 0 Å². The predicted octanol–water partition coefficient (Wildman–Crippen LogP) is 3.48. The first kappa shape index (κ1) is 18.7. The van der Waals surface area contributed by atoms with Crippen LogP contribution in [0, 0.1) is 11.6 Å². The lowest BCUT2D eigenvalue weighted by Gasteiger charge is -2.06. The molecule has 2 aromatic rings. The van der Waals surface area contributed by atoms with Gasteiger partial charge in [-0.1, -0.05) is 25.2 Å². The highest BCUT2D eigenvalue weighted by Crippen LogP contribution is 2.19. The fourth-order valence-electron chi connectivity index (χ4n) is 1.49. The first-order chi connectivity index (χ1) is 9.95. The smallest absolute Gasteiger partial charge is 0.193 e. The standard InChI is InChI=1S/C13H15F2N5S.HI/c1-7(2)12-20-19-11(21-12)6-17-13(16)18-10-5-8(14)3-4-9(10)15;/h3-5,7H,6H2,1-2H3,(H3,16,17,18);1H. The van der Waals surface area contributed by atoms with Crippen molar-refractivity contribution in [2.45, 2.75) is 26.3 Å². The molecule has 22 heavy (non-hydrogen) atoms. The van der Waals surface area contributed by atoms with Crippen LogP contribution in [0.3, 0.4) is 0 Å². The molecule has 0 saturated heterocycles. The summed E-state index contributed by atoms with van der Waals surface area (Å²) in [7, 11) is 0. The Morgan fingerprint density at radius 3 is 2.73 bits per heavy atom. The number of nitrogens with two attached hydrogens (primary N) is 1. The number of hydrogen-bond acceptors (Lipinski definition) is 4. The Kier molecular flexibility index (Phi) is 7.07. The lowest BCUT2D eigenvalue weighted by molar-refractivity contribution is 0.604. The molecule has 0 spiro atoms. The van der Waals surface area contributed by atoms with Gasteiger partial charge in [-0.2, -0.15) is 0 Å². The second kappa shape index (κ2) is 8.32. The molecule has 2 rings (SSSR count). The van der Waals surface area contributed by atoms with E-state index in [-0.39, 0.29) is 42.2 Å². The molecule has 0 aliphatic carbocycles. The van der Waals surface area contributed by atoms with Crippen LogP contribution < -0.4 is 11.1 Å². The Balaban J connectivity index is 0.00000242. The van der Waals surface area contributed by atoms with E-state index in [1.807, 2.05) is 13.8 Å². The van der Waals surface area contributed by atoms with Crippen molar-refractivity contribution in [2.24, 2.45) is 10.7 Å². The molecule has 5 nitrogen and oxygen atoms in total. The second-order valence-electron chi connectivity index (χ2n) is 4.64. The zero-order valence-electron chi connectivity index (χ0n) is 12.0. The summed E-state index contributed by atoms with van der Waals surface area (Å²) in [5.41, 5.74) is 5.59. The highest BCUT2D eigenvalue weighted by atomic mass is 127. The number of aliphatic imine (C=N–C) groups is 1. The molecule has 0 saturated carbocycles. The first-order valence-electron chi connectivity index (χ1n) is 6.30. The van der Waals surface area contributed by atoms with Crippen LogP contribution in [0.25, 0.3) is 0 Å². The molecule has 0 aliphatic rings. The van der Waals surface area contributed by atoms with Crippen LogP contribution in [0.1, 0.15) is 29.8 Å². The van der Waals surface area contributed by atoms with Crippen LogP contribution in [-0.4, -0.2) is 16.2 Å². The van der Waals surface area contributed by atoms with Crippen LogP contribution in [0.5, 0.6) is 0 Å². The van der Waals surface area contributed by atoms with Crippen LogP contribution in [0.4, 0.5) is 14.5 Å². The number of benzene rings is 1. The van der Waals surface area contributed by atoms with Gasteiger partial charge in [-0.25, -0.2) is 13.8 Å². The molecular formula is C13H16F2IN5S. The number of rotatable bonds is 4. The molecule has 0 fully saturated rings. The van der Waals surface area contributed by atoms with Gasteiger partial charge < -0.3 is 11.1 Å². The number of halogens is 3. The van der Waals surface area contributed by atoms with Crippen molar-refractivity contribution in [3.63, 3.8) is 0 Å². The van der Waals surface area contributed by atoms with Gasteiger partial charge >= 0.3 is 0 Å². The van der Waals surface area contributed by atoms with Gasteiger partial charge in [0, 0.05) is 12.0 Å². The Bertz CT molecular complexity index is 660. The number of nitrogens with one attached hydrogen (secondary N) is 1. The Morgan fingerprint density at radius 2 is 2.09 bits per heavy atom. The molecular weight excluding hydrogens is 423 g/mol. The lowest BCUT2D eigenvalue weighted by Crippen LogP contribution is -2.23. The number of hydrogen-bond donors (Lipinski definition) is 2. The van der Waals surface area contributed by atoms with Gasteiger partial charge in [0.25, 0.3) is 0 Å². The van der Waals surface area contributed by atoms with E-state index < -0.39 is 11.6 Å². The van der Waals surface area contributed by atoms with Gasteiger partial charge in [-0.05, 0) is 12.1 Å². The summed E-state index contributed by atoms with van der Waals surface area (Å²) in [5, 5.41) is 12.2. The van der Waals surface area contributed by atoms with Gasteiger partial charge in [0.1, 0.15) is 21.6 Å². The molecule has 120 valence electrons. The highest BCUT2D eigenvalue weighted by molar-refractivity contribution is 14.0. The number of guanidine groups is 1. The van der Waals surface area contributed by atoms with Gasteiger partial charge in [-0.15, -0.1) is 34.2 Å². The predicted molar refractivity (Wildman–Crippen MR) is 94.7 cm³/mol. The average molecular weight is 439 g/mol. The minimum Gasteiger partial charge on any atom is -0.370 e. The lowest BCUT2D eigenvalue weighted by atomic mass is 10.2. The molecule has 3 N–H and O–H groups in total. The normalized spacial score (nSPS) is 11.4. The molecule has 0 unspecified atom stereocenters. The minimum absolute atomic E-state index is 0. The largest absolute Gasteiger partial charge is 0.370 e.